The molecule has 0 spiro atoms. The van der Waals surface area contributed by atoms with Crippen molar-refractivity contribution in [1.82, 2.24) is 5.32 Å². The van der Waals surface area contributed by atoms with Crippen molar-refractivity contribution < 1.29 is 0 Å². The Bertz CT molecular complexity index is 776. The van der Waals surface area contributed by atoms with Crippen LogP contribution in [0.4, 0.5) is 11.4 Å². The molecule has 1 aliphatic heterocycles. The maximum atomic E-state index is 6.14. The van der Waals surface area contributed by atoms with Crippen molar-refractivity contribution in [3.63, 3.8) is 0 Å². The van der Waals surface area contributed by atoms with E-state index in [-0.39, 0.29) is 0 Å². The highest BCUT2D eigenvalue weighted by Gasteiger charge is 2.32. The molecule has 1 aliphatic carbocycles. The zero-order valence-electron chi connectivity index (χ0n) is 16.1. The second kappa shape index (κ2) is 8.44. The van der Waals surface area contributed by atoms with Crippen LogP contribution in [0.25, 0.3) is 0 Å². The Balaban J connectivity index is 1.42. The van der Waals surface area contributed by atoms with Gasteiger partial charge < -0.3 is 16.4 Å². The first kappa shape index (κ1) is 18.5. The fraction of sp³-hybridized carbons (Fsp3) is 0.500. The van der Waals surface area contributed by atoms with Gasteiger partial charge in [0.05, 0.1) is 10.6 Å². The number of nitrogens with one attached hydrogen (secondary N) is 2. The number of hydrogen-bond acceptors (Lipinski definition) is 4. The van der Waals surface area contributed by atoms with Gasteiger partial charge in [0.15, 0.2) is 0 Å². The Hall–Kier alpha value is -1.85. The van der Waals surface area contributed by atoms with Crippen molar-refractivity contribution in [2.24, 2.45) is 16.6 Å². The van der Waals surface area contributed by atoms with E-state index in [1.54, 1.807) is 11.3 Å². The lowest BCUT2D eigenvalue weighted by molar-refractivity contribution is 0.265. The molecule has 0 radical (unpaired) electrons. The van der Waals surface area contributed by atoms with Gasteiger partial charge in [-0.25, -0.2) is 4.99 Å². The third kappa shape index (κ3) is 4.19. The maximum Gasteiger partial charge on any atom is 0.141 e. The molecule has 0 saturated heterocycles. The predicted octanol–water partition coefficient (Wildman–Crippen LogP) is 4.85. The van der Waals surface area contributed by atoms with Crippen LogP contribution < -0.4 is 16.4 Å². The first-order chi connectivity index (χ1) is 13.2. The topological polar surface area (TPSA) is 62.4 Å². The van der Waals surface area contributed by atoms with Crippen molar-refractivity contribution in [3.05, 3.63) is 46.2 Å². The van der Waals surface area contributed by atoms with Crippen molar-refractivity contribution in [2.45, 2.75) is 51.0 Å². The van der Waals surface area contributed by atoms with Gasteiger partial charge in [-0.3, -0.25) is 0 Å². The number of nitrogens with two attached hydrogens (primary N) is 1. The fourth-order valence-corrected chi connectivity index (χ4v) is 5.16. The van der Waals surface area contributed by atoms with Gasteiger partial charge >= 0.3 is 0 Å². The molecule has 1 unspecified atom stereocenters. The summed E-state index contributed by atoms with van der Waals surface area (Å²) in [5.74, 6) is 2.03. The van der Waals surface area contributed by atoms with E-state index in [0.29, 0.717) is 11.8 Å². The molecule has 0 bridgehead atoms. The number of anilines is 1. The minimum Gasteiger partial charge on any atom is -0.384 e. The number of fused-ring (bicyclic) bond motifs is 1. The third-order valence-corrected chi connectivity index (χ3v) is 6.89. The van der Waals surface area contributed by atoms with E-state index in [0.717, 1.165) is 35.6 Å². The Morgan fingerprint density at radius 3 is 2.85 bits per heavy atom. The van der Waals surface area contributed by atoms with Gasteiger partial charge in [-0.05, 0) is 73.7 Å². The minimum absolute atomic E-state index is 0.595. The molecule has 4 N–H and O–H groups in total. The molecular formula is C22H30N4S. The lowest BCUT2D eigenvalue weighted by Gasteiger charge is -2.32. The largest absolute Gasteiger partial charge is 0.384 e. The first-order valence-corrected chi connectivity index (χ1v) is 11.1. The molecule has 1 saturated carbocycles. The zero-order valence-corrected chi connectivity index (χ0v) is 16.9. The van der Waals surface area contributed by atoms with Crippen LogP contribution in [0.3, 0.4) is 0 Å². The van der Waals surface area contributed by atoms with Gasteiger partial charge in [-0.2, -0.15) is 0 Å². The predicted molar refractivity (Wildman–Crippen MR) is 116 cm³/mol. The van der Waals surface area contributed by atoms with Crippen LogP contribution in [0.1, 0.15) is 55.4 Å². The smallest absolute Gasteiger partial charge is 0.141 e. The number of nitrogens with zero attached hydrogens (tertiary/aromatic N) is 1. The molecule has 1 atom stereocenters. The SMILES string of the molecule is CCCNC1CCC(C2CNc3cc(N=C(N)c4cccs4)ccc32)CC1. The van der Waals surface area contributed by atoms with Crippen LogP contribution in [0, 0.1) is 5.92 Å². The molecule has 2 heterocycles. The number of benzene rings is 1. The fourth-order valence-electron chi connectivity index (χ4n) is 4.53. The summed E-state index contributed by atoms with van der Waals surface area (Å²) in [5.41, 5.74) is 9.78. The minimum atomic E-state index is 0.595. The van der Waals surface area contributed by atoms with Gasteiger partial charge in [-0.1, -0.05) is 19.1 Å². The van der Waals surface area contributed by atoms with E-state index in [1.165, 1.54) is 43.4 Å². The van der Waals surface area contributed by atoms with Crippen molar-refractivity contribution in [3.8, 4) is 0 Å². The summed E-state index contributed by atoms with van der Waals surface area (Å²) in [6.07, 6.45) is 6.52. The Labute approximate surface area is 166 Å². The quantitative estimate of drug-likeness (QED) is 0.494. The van der Waals surface area contributed by atoms with Crippen LogP contribution in [0.2, 0.25) is 0 Å². The molecule has 5 heteroatoms. The molecule has 2 aliphatic rings. The van der Waals surface area contributed by atoms with E-state index < -0.39 is 0 Å². The molecule has 1 aromatic heterocycles. The van der Waals surface area contributed by atoms with Crippen molar-refractivity contribution in [2.75, 3.05) is 18.4 Å². The molecule has 4 rings (SSSR count). The van der Waals surface area contributed by atoms with Gasteiger partial charge in [-0.15, -0.1) is 11.3 Å². The number of aliphatic imine (C=N–C) groups is 1. The van der Waals surface area contributed by atoms with Gasteiger partial charge in [0.1, 0.15) is 5.84 Å². The summed E-state index contributed by atoms with van der Waals surface area (Å²) < 4.78 is 0. The highest BCUT2D eigenvalue weighted by Crippen LogP contribution is 2.43. The number of thiophene rings is 1. The maximum absolute atomic E-state index is 6.14. The van der Waals surface area contributed by atoms with Gasteiger partial charge in [0, 0.05) is 24.2 Å². The van der Waals surface area contributed by atoms with E-state index in [4.69, 9.17) is 5.73 Å². The van der Waals surface area contributed by atoms with Crippen LogP contribution in [0.15, 0.2) is 40.7 Å². The Kier molecular flexibility index (Phi) is 5.79. The Morgan fingerprint density at radius 2 is 2.11 bits per heavy atom. The standard InChI is InChI=1S/C22H30N4S/c1-2-11-24-16-7-5-15(6-8-16)19-14-25-20-13-17(9-10-18(19)20)26-22(23)21-4-3-12-27-21/h3-4,9-10,12-13,15-16,19,24-25H,2,5-8,11,14H2,1H3,(H2,23,26). The molecule has 2 aromatic rings. The zero-order chi connectivity index (χ0) is 18.6. The van der Waals surface area contributed by atoms with Crippen molar-refractivity contribution >= 4 is 28.5 Å². The average Bonchev–Trinajstić information content (AvgIpc) is 3.36. The highest BCUT2D eigenvalue weighted by atomic mass is 32.1. The lowest BCUT2D eigenvalue weighted by Crippen LogP contribution is -2.35. The van der Waals surface area contributed by atoms with Gasteiger partial charge in [0.25, 0.3) is 0 Å². The van der Waals surface area contributed by atoms with Crippen molar-refractivity contribution in [1.29, 1.82) is 0 Å². The first-order valence-electron chi connectivity index (χ1n) is 10.2. The monoisotopic (exact) mass is 382 g/mol. The molecule has 27 heavy (non-hydrogen) atoms. The molecular weight excluding hydrogens is 352 g/mol. The Morgan fingerprint density at radius 1 is 1.26 bits per heavy atom. The van der Waals surface area contributed by atoms with E-state index >= 15 is 0 Å². The van der Waals surface area contributed by atoms with E-state index in [9.17, 15) is 0 Å². The molecule has 1 fully saturated rings. The number of amidine groups is 1. The van der Waals surface area contributed by atoms with Crippen LogP contribution in [-0.4, -0.2) is 25.0 Å². The summed E-state index contributed by atoms with van der Waals surface area (Å²) in [5, 5.41) is 9.34. The number of hydrogen-bond donors (Lipinski definition) is 3. The molecule has 1 aromatic carbocycles. The second-order valence-electron chi connectivity index (χ2n) is 7.80. The van der Waals surface area contributed by atoms with Crippen LogP contribution in [0.5, 0.6) is 0 Å². The van der Waals surface area contributed by atoms with Crippen LogP contribution in [-0.2, 0) is 0 Å². The third-order valence-electron chi connectivity index (χ3n) is 6.00. The summed E-state index contributed by atoms with van der Waals surface area (Å²) in [6, 6.07) is 11.3. The van der Waals surface area contributed by atoms with E-state index in [2.05, 4.69) is 40.7 Å². The molecule has 144 valence electrons. The summed E-state index contributed by atoms with van der Waals surface area (Å²) in [4.78, 5) is 5.63. The van der Waals surface area contributed by atoms with E-state index in [1.807, 2.05) is 17.5 Å². The lowest BCUT2D eigenvalue weighted by atomic mass is 9.76. The molecule has 0 amide bonds. The second-order valence-corrected chi connectivity index (χ2v) is 8.75. The number of rotatable bonds is 6. The average molecular weight is 383 g/mol. The van der Waals surface area contributed by atoms with Gasteiger partial charge in [0.2, 0.25) is 0 Å². The summed E-state index contributed by atoms with van der Waals surface area (Å²) >= 11 is 1.62. The highest BCUT2D eigenvalue weighted by molar-refractivity contribution is 7.12. The van der Waals surface area contributed by atoms with Crippen LogP contribution >= 0.6 is 11.3 Å². The molecule has 4 nitrogen and oxygen atoms in total. The normalized spacial score (nSPS) is 25.2. The summed E-state index contributed by atoms with van der Waals surface area (Å²) in [7, 11) is 0. The summed E-state index contributed by atoms with van der Waals surface area (Å²) in [6.45, 7) is 4.45.